The molecule has 2 saturated heterocycles. The summed E-state index contributed by atoms with van der Waals surface area (Å²) in [7, 11) is 1.83. The van der Waals surface area contributed by atoms with E-state index in [-0.39, 0.29) is 11.0 Å². The van der Waals surface area contributed by atoms with E-state index in [4.69, 9.17) is 4.74 Å². The number of fused-ring (bicyclic) bond motifs is 1. The van der Waals surface area contributed by atoms with Gasteiger partial charge in [-0.1, -0.05) is 32.9 Å². The van der Waals surface area contributed by atoms with Gasteiger partial charge in [0.1, 0.15) is 0 Å². The van der Waals surface area contributed by atoms with Crippen LogP contribution in [0.5, 0.6) is 0 Å². The highest BCUT2D eigenvalue weighted by Crippen LogP contribution is 2.52. The minimum atomic E-state index is 0.188. The first-order valence-electron chi connectivity index (χ1n) is 5.88. The predicted octanol–water partition coefficient (Wildman–Crippen LogP) is 2.45. The van der Waals surface area contributed by atoms with Gasteiger partial charge in [0, 0.05) is 25.7 Å². The molecule has 2 aliphatic heterocycles. The molecule has 0 amide bonds. The number of ether oxygens (including phenoxy) is 1. The standard InChI is InChI=1S/C13H23NO/c1-10-6-7-14-9-11(15-5)8-13(10,14)12(2,3)4/h11H,1,6-9H2,2-5H3/t11-,13?/m1/s1. The zero-order valence-electron chi connectivity index (χ0n) is 10.5. The van der Waals surface area contributed by atoms with Crippen molar-refractivity contribution in [3.05, 3.63) is 12.2 Å². The van der Waals surface area contributed by atoms with Crippen molar-refractivity contribution in [1.82, 2.24) is 4.90 Å². The summed E-state index contributed by atoms with van der Waals surface area (Å²) in [5.74, 6) is 0. The lowest BCUT2D eigenvalue weighted by atomic mass is 9.69. The molecule has 2 heterocycles. The fourth-order valence-electron chi connectivity index (χ4n) is 3.52. The first-order valence-corrected chi connectivity index (χ1v) is 5.88. The molecule has 0 saturated carbocycles. The van der Waals surface area contributed by atoms with Crippen LogP contribution in [-0.2, 0) is 4.74 Å². The van der Waals surface area contributed by atoms with Gasteiger partial charge in [-0.15, -0.1) is 0 Å². The van der Waals surface area contributed by atoms with E-state index < -0.39 is 0 Å². The average molecular weight is 209 g/mol. The van der Waals surface area contributed by atoms with Crippen LogP contribution in [0.25, 0.3) is 0 Å². The van der Waals surface area contributed by atoms with Gasteiger partial charge in [-0.05, 0) is 18.3 Å². The average Bonchev–Trinajstić information content (AvgIpc) is 2.64. The van der Waals surface area contributed by atoms with Gasteiger partial charge in [0.05, 0.1) is 6.10 Å². The Bertz CT molecular complexity index is 279. The van der Waals surface area contributed by atoms with Crippen molar-refractivity contribution in [2.75, 3.05) is 20.2 Å². The lowest BCUT2D eigenvalue weighted by Gasteiger charge is -2.45. The molecule has 0 aliphatic carbocycles. The second kappa shape index (κ2) is 3.33. The van der Waals surface area contributed by atoms with E-state index >= 15 is 0 Å². The molecule has 0 N–H and O–H groups in total. The van der Waals surface area contributed by atoms with Crippen molar-refractivity contribution in [3.8, 4) is 0 Å². The van der Waals surface area contributed by atoms with Crippen LogP contribution in [0.4, 0.5) is 0 Å². The number of rotatable bonds is 1. The molecule has 86 valence electrons. The smallest absolute Gasteiger partial charge is 0.0719 e. The van der Waals surface area contributed by atoms with Gasteiger partial charge in [0.25, 0.3) is 0 Å². The topological polar surface area (TPSA) is 12.5 Å². The zero-order chi connectivity index (χ0) is 11.3. The molecular weight excluding hydrogens is 186 g/mol. The molecule has 0 radical (unpaired) electrons. The normalized spacial score (nSPS) is 37.3. The molecule has 2 atom stereocenters. The summed E-state index contributed by atoms with van der Waals surface area (Å²) in [6.07, 6.45) is 2.67. The van der Waals surface area contributed by atoms with Gasteiger partial charge in [0.15, 0.2) is 0 Å². The monoisotopic (exact) mass is 209 g/mol. The molecule has 1 unspecified atom stereocenters. The Kier molecular flexibility index (Phi) is 2.47. The summed E-state index contributed by atoms with van der Waals surface area (Å²) < 4.78 is 5.53. The molecule has 0 bridgehead atoms. The van der Waals surface area contributed by atoms with Crippen LogP contribution in [0.2, 0.25) is 0 Å². The Labute approximate surface area is 93.3 Å². The van der Waals surface area contributed by atoms with Gasteiger partial charge >= 0.3 is 0 Å². The van der Waals surface area contributed by atoms with Crippen LogP contribution >= 0.6 is 0 Å². The molecule has 2 heteroatoms. The SMILES string of the molecule is C=C1CCN2C[C@H](OC)CC12C(C)(C)C. The summed E-state index contributed by atoms with van der Waals surface area (Å²) in [5, 5.41) is 0. The van der Waals surface area contributed by atoms with E-state index in [1.54, 1.807) is 0 Å². The maximum atomic E-state index is 5.53. The van der Waals surface area contributed by atoms with Gasteiger partial charge in [-0.3, -0.25) is 4.90 Å². The molecule has 0 spiro atoms. The molecule has 2 nitrogen and oxygen atoms in total. The van der Waals surface area contributed by atoms with E-state index in [1.807, 2.05) is 7.11 Å². The Morgan fingerprint density at radius 3 is 2.60 bits per heavy atom. The Hall–Kier alpha value is -0.340. The third kappa shape index (κ3) is 1.38. The third-order valence-electron chi connectivity index (χ3n) is 4.33. The molecular formula is C13H23NO. The Balaban J connectivity index is 2.36. The van der Waals surface area contributed by atoms with Gasteiger partial charge < -0.3 is 4.74 Å². The van der Waals surface area contributed by atoms with Crippen LogP contribution in [0.3, 0.4) is 0 Å². The first kappa shape index (κ1) is 11.2. The molecule has 0 aromatic heterocycles. The van der Waals surface area contributed by atoms with Crippen LogP contribution in [0.1, 0.15) is 33.6 Å². The van der Waals surface area contributed by atoms with Gasteiger partial charge in [0.2, 0.25) is 0 Å². The fraction of sp³-hybridized carbons (Fsp3) is 0.846. The fourth-order valence-corrected chi connectivity index (χ4v) is 3.52. The maximum Gasteiger partial charge on any atom is 0.0719 e. The van der Waals surface area contributed by atoms with Crippen LogP contribution < -0.4 is 0 Å². The van der Waals surface area contributed by atoms with E-state index in [1.165, 1.54) is 5.57 Å². The first-order chi connectivity index (χ1) is 6.91. The second-order valence-corrected chi connectivity index (χ2v) is 5.97. The zero-order valence-corrected chi connectivity index (χ0v) is 10.5. The van der Waals surface area contributed by atoms with Crippen molar-refractivity contribution in [2.24, 2.45) is 5.41 Å². The molecule has 0 aromatic carbocycles. The largest absolute Gasteiger partial charge is 0.380 e. The number of methoxy groups -OCH3 is 1. The number of hydrogen-bond acceptors (Lipinski definition) is 2. The molecule has 2 fully saturated rings. The number of nitrogens with zero attached hydrogens (tertiary/aromatic N) is 1. The molecule has 2 aliphatic rings. The maximum absolute atomic E-state index is 5.53. The Morgan fingerprint density at radius 1 is 1.47 bits per heavy atom. The summed E-state index contributed by atoms with van der Waals surface area (Å²) in [5.41, 5.74) is 1.86. The summed E-state index contributed by atoms with van der Waals surface area (Å²) in [6, 6.07) is 0. The third-order valence-corrected chi connectivity index (χ3v) is 4.33. The van der Waals surface area contributed by atoms with Crippen molar-refractivity contribution in [3.63, 3.8) is 0 Å². The van der Waals surface area contributed by atoms with Gasteiger partial charge in [-0.2, -0.15) is 0 Å². The minimum absolute atomic E-state index is 0.188. The summed E-state index contributed by atoms with van der Waals surface area (Å²) in [4.78, 5) is 2.59. The lowest BCUT2D eigenvalue weighted by molar-refractivity contribution is 0.0900. The van der Waals surface area contributed by atoms with E-state index in [0.29, 0.717) is 6.10 Å². The molecule has 0 aromatic rings. The Morgan fingerprint density at radius 2 is 2.13 bits per heavy atom. The van der Waals surface area contributed by atoms with E-state index in [0.717, 1.165) is 25.9 Å². The summed E-state index contributed by atoms with van der Waals surface area (Å²) >= 11 is 0. The minimum Gasteiger partial charge on any atom is -0.380 e. The molecule has 2 rings (SSSR count). The lowest BCUT2D eigenvalue weighted by Crippen LogP contribution is -2.50. The van der Waals surface area contributed by atoms with Crippen LogP contribution in [0, 0.1) is 5.41 Å². The summed E-state index contributed by atoms with van der Waals surface area (Å²) in [6.45, 7) is 13.5. The van der Waals surface area contributed by atoms with Crippen LogP contribution in [-0.4, -0.2) is 36.7 Å². The highest BCUT2D eigenvalue weighted by molar-refractivity contribution is 5.30. The highest BCUT2D eigenvalue weighted by Gasteiger charge is 2.56. The predicted molar refractivity (Wildman–Crippen MR) is 62.9 cm³/mol. The van der Waals surface area contributed by atoms with Crippen molar-refractivity contribution in [1.29, 1.82) is 0 Å². The van der Waals surface area contributed by atoms with Gasteiger partial charge in [-0.25, -0.2) is 0 Å². The van der Waals surface area contributed by atoms with Crippen molar-refractivity contribution >= 4 is 0 Å². The van der Waals surface area contributed by atoms with Crippen molar-refractivity contribution in [2.45, 2.75) is 45.3 Å². The quantitative estimate of drug-likeness (QED) is 0.615. The van der Waals surface area contributed by atoms with E-state index in [9.17, 15) is 0 Å². The molecule has 15 heavy (non-hydrogen) atoms. The highest BCUT2D eigenvalue weighted by atomic mass is 16.5. The van der Waals surface area contributed by atoms with Crippen LogP contribution in [0.15, 0.2) is 12.2 Å². The van der Waals surface area contributed by atoms with E-state index in [2.05, 4.69) is 32.3 Å². The number of hydrogen-bond donors (Lipinski definition) is 0. The van der Waals surface area contributed by atoms with Crippen molar-refractivity contribution < 1.29 is 4.74 Å². The second-order valence-electron chi connectivity index (χ2n) is 5.97.